The standard InChI is InChI=1S/C17H23N3O2/c21-16-8-7-15(19-16)17(22)18-11-13-5-1-2-6-14(13)12-20-9-3-4-10-20/h1-2,5-6,15H,3-4,7-12H2,(H,18,22)(H,19,21)/t15-/m0/s1. The molecule has 2 fully saturated rings. The third-order valence-electron chi connectivity index (χ3n) is 4.48. The summed E-state index contributed by atoms with van der Waals surface area (Å²) in [7, 11) is 0. The summed E-state index contributed by atoms with van der Waals surface area (Å²) in [5.74, 6) is -0.114. The summed E-state index contributed by atoms with van der Waals surface area (Å²) >= 11 is 0. The van der Waals surface area contributed by atoms with Crippen molar-refractivity contribution in [3.05, 3.63) is 35.4 Å². The van der Waals surface area contributed by atoms with Crippen molar-refractivity contribution in [2.45, 2.75) is 44.8 Å². The van der Waals surface area contributed by atoms with Crippen molar-refractivity contribution < 1.29 is 9.59 Å². The highest BCUT2D eigenvalue weighted by Gasteiger charge is 2.26. The van der Waals surface area contributed by atoms with Crippen molar-refractivity contribution in [3.63, 3.8) is 0 Å². The van der Waals surface area contributed by atoms with Crippen LogP contribution in [0.4, 0.5) is 0 Å². The van der Waals surface area contributed by atoms with Gasteiger partial charge in [0.2, 0.25) is 11.8 Å². The predicted octanol–water partition coefficient (Wildman–Crippen LogP) is 1.18. The van der Waals surface area contributed by atoms with Gasteiger partial charge in [0.15, 0.2) is 0 Å². The van der Waals surface area contributed by atoms with Crippen LogP contribution in [0.5, 0.6) is 0 Å². The van der Waals surface area contributed by atoms with Gasteiger partial charge >= 0.3 is 0 Å². The van der Waals surface area contributed by atoms with Crippen LogP contribution in [-0.2, 0) is 22.7 Å². The monoisotopic (exact) mass is 301 g/mol. The molecule has 1 atom stereocenters. The molecule has 1 aromatic rings. The summed E-state index contributed by atoms with van der Waals surface area (Å²) in [6, 6.07) is 7.90. The summed E-state index contributed by atoms with van der Waals surface area (Å²) in [5.41, 5.74) is 2.44. The fraction of sp³-hybridized carbons (Fsp3) is 0.529. The Morgan fingerprint density at radius 1 is 1.23 bits per heavy atom. The first-order valence-electron chi connectivity index (χ1n) is 8.08. The average molecular weight is 301 g/mol. The number of carbonyl (C=O) groups excluding carboxylic acids is 2. The highest BCUT2D eigenvalue weighted by Crippen LogP contribution is 2.16. The Morgan fingerprint density at radius 2 is 1.95 bits per heavy atom. The van der Waals surface area contributed by atoms with Crippen LogP contribution in [0, 0.1) is 0 Å². The van der Waals surface area contributed by atoms with Gasteiger partial charge in [0, 0.05) is 19.5 Å². The Hall–Kier alpha value is -1.88. The number of nitrogens with one attached hydrogen (secondary N) is 2. The van der Waals surface area contributed by atoms with Crippen LogP contribution in [0.3, 0.4) is 0 Å². The molecule has 5 heteroatoms. The van der Waals surface area contributed by atoms with Gasteiger partial charge in [0.1, 0.15) is 6.04 Å². The quantitative estimate of drug-likeness (QED) is 0.858. The third-order valence-corrected chi connectivity index (χ3v) is 4.48. The molecule has 22 heavy (non-hydrogen) atoms. The molecule has 2 aliphatic rings. The lowest BCUT2D eigenvalue weighted by Gasteiger charge is -2.18. The molecule has 0 aromatic heterocycles. The van der Waals surface area contributed by atoms with Gasteiger partial charge < -0.3 is 10.6 Å². The maximum absolute atomic E-state index is 12.1. The topological polar surface area (TPSA) is 61.4 Å². The molecule has 1 aromatic carbocycles. The van der Waals surface area contributed by atoms with E-state index in [1.54, 1.807) is 0 Å². The number of rotatable bonds is 5. The molecule has 118 valence electrons. The summed E-state index contributed by atoms with van der Waals surface area (Å²) in [6.07, 6.45) is 3.60. The highest BCUT2D eigenvalue weighted by atomic mass is 16.2. The molecule has 0 aliphatic carbocycles. The van der Waals surface area contributed by atoms with Crippen molar-refractivity contribution in [1.29, 1.82) is 0 Å². The van der Waals surface area contributed by atoms with Gasteiger partial charge in [0.05, 0.1) is 0 Å². The van der Waals surface area contributed by atoms with E-state index in [1.807, 2.05) is 12.1 Å². The molecule has 0 unspecified atom stereocenters. The van der Waals surface area contributed by atoms with E-state index in [4.69, 9.17) is 0 Å². The molecule has 0 saturated carbocycles. The zero-order valence-electron chi connectivity index (χ0n) is 12.8. The summed E-state index contributed by atoms with van der Waals surface area (Å²) in [6.45, 7) is 3.80. The van der Waals surface area contributed by atoms with Crippen LogP contribution in [0.2, 0.25) is 0 Å². The van der Waals surface area contributed by atoms with Gasteiger partial charge in [-0.2, -0.15) is 0 Å². The van der Waals surface area contributed by atoms with Gasteiger partial charge in [-0.15, -0.1) is 0 Å². The molecule has 0 bridgehead atoms. The summed E-state index contributed by atoms with van der Waals surface area (Å²) < 4.78 is 0. The maximum Gasteiger partial charge on any atom is 0.242 e. The minimum absolute atomic E-state index is 0.0328. The van der Waals surface area contributed by atoms with E-state index in [0.717, 1.165) is 25.2 Å². The first-order valence-corrected chi connectivity index (χ1v) is 8.08. The normalized spacial score (nSPS) is 21.8. The van der Waals surface area contributed by atoms with Gasteiger partial charge in [-0.1, -0.05) is 24.3 Å². The van der Waals surface area contributed by atoms with Crippen LogP contribution in [-0.4, -0.2) is 35.8 Å². The number of hydrogen-bond acceptors (Lipinski definition) is 3. The van der Waals surface area contributed by atoms with Crippen molar-refractivity contribution >= 4 is 11.8 Å². The Kier molecular flexibility index (Phi) is 4.73. The molecular formula is C17H23N3O2. The Bertz CT molecular complexity index is 553. The summed E-state index contributed by atoms with van der Waals surface area (Å²) in [4.78, 5) is 25.7. The minimum Gasteiger partial charge on any atom is -0.350 e. The Balaban J connectivity index is 1.57. The van der Waals surface area contributed by atoms with Crippen LogP contribution in [0.1, 0.15) is 36.8 Å². The van der Waals surface area contributed by atoms with Crippen molar-refractivity contribution in [2.75, 3.05) is 13.1 Å². The van der Waals surface area contributed by atoms with Crippen LogP contribution in [0.25, 0.3) is 0 Å². The first-order chi connectivity index (χ1) is 10.7. The predicted molar refractivity (Wildman–Crippen MR) is 84.0 cm³/mol. The molecule has 5 nitrogen and oxygen atoms in total. The maximum atomic E-state index is 12.1. The average Bonchev–Trinajstić information content (AvgIpc) is 3.18. The molecule has 0 radical (unpaired) electrons. The number of likely N-dealkylation sites (tertiary alicyclic amines) is 1. The highest BCUT2D eigenvalue weighted by molar-refractivity contribution is 5.90. The van der Waals surface area contributed by atoms with E-state index in [9.17, 15) is 9.59 Å². The molecule has 3 rings (SSSR count). The van der Waals surface area contributed by atoms with Gasteiger partial charge in [-0.3, -0.25) is 14.5 Å². The van der Waals surface area contributed by atoms with E-state index < -0.39 is 0 Å². The van der Waals surface area contributed by atoms with Crippen LogP contribution in [0.15, 0.2) is 24.3 Å². The number of amides is 2. The summed E-state index contributed by atoms with van der Waals surface area (Å²) in [5, 5.41) is 5.66. The molecule has 2 aliphatic heterocycles. The Labute approximate surface area is 131 Å². The van der Waals surface area contributed by atoms with E-state index in [-0.39, 0.29) is 17.9 Å². The van der Waals surface area contributed by atoms with Crippen molar-refractivity contribution in [1.82, 2.24) is 15.5 Å². The molecular weight excluding hydrogens is 278 g/mol. The fourth-order valence-electron chi connectivity index (χ4n) is 3.18. The lowest BCUT2D eigenvalue weighted by molar-refractivity contribution is -0.125. The number of benzene rings is 1. The smallest absolute Gasteiger partial charge is 0.242 e. The molecule has 2 amide bonds. The fourth-order valence-corrected chi connectivity index (χ4v) is 3.18. The minimum atomic E-state index is -0.363. The zero-order chi connectivity index (χ0) is 15.4. The zero-order valence-corrected chi connectivity index (χ0v) is 12.8. The van der Waals surface area contributed by atoms with Gasteiger partial charge in [-0.05, 0) is 43.5 Å². The van der Waals surface area contributed by atoms with E-state index in [1.165, 1.54) is 18.4 Å². The van der Waals surface area contributed by atoms with Crippen LogP contribution < -0.4 is 10.6 Å². The lowest BCUT2D eigenvalue weighted by atomic mass is 10.1. The molecule has 2 saturated heterocycles. The third kappa shape index (κ3) is 3.65. The lowest BCUT2D eigenvalue weighted by Crippen LogP contribution is -2.41. The second-order valence-electron chi connectivity index (χ2n) is 6.13. The SMILES string of the molecule is O=C1CC[C@@H](C(=O)NCc2ccccc2CN2CCCC2)N1. The van der Waals surface area contributed by atoms with E-state index in [0.29, 0.717) is 19.4 Å². The molecule has 0 spiro atoms. The second kappa shape index (κ2) is 6.92. The second-order valence-corrected chi connectivity index (χ2v) is 6.13. The largest absolute Gasteiger partial charge is 0.350 e. The van der Waals surface area contributed by atoms with E-state index in [2.05, 4.69) is 27.7 Å². The van der Waals surface area contributed by atoms with Crippen molar-refractivity contribution in [2.24, 2.45) is 0 Å². The first kappa shape index (κ1) is 15.0. The Morgan fingerprint density at radius 3 is 2.64 bits per heavy atom. The number of carbonyl (C=O) groups is 2. The van der Waals surface area contributed by atoms with Crippen molar-refractivity contribution in [3.8, 4) is 0 Å². The van der Waals surface area contributed by atoms with Gasteiger partial charge in [-0.25, -0.2) is 0 Å². The molecule has 2 N–H and O–H groups in total. The van der Waals surface area contributed by atoms with Crippen LogP contribution >= 0.6 is 0 Å². The number of nitrogens with zero attached hydrogens (tertiary/aromatic N) is 1. The molecule has 2 heterocycles. The van der Waals surface area contributed by atoms with Gasteiger partial charge in [0.25, 0.3) is 0 Å². The van der Waals surface area contributed by atoms with E-state index >= 15 is 0 Å². The number of hydrogen-bond donors (Lipinski definition) is 2.